The molecule has 8 nitrogen and oxygen atoms in total. The molecule has 0 bridgehead atoms. The molecule has 2 heterocycles. The molecule has 0 unspecified atom stereocenters. The van der Waals surface area contributed by atoms with Crippen molar-refractivity contribution in [1.82, 2.24) is 14.5 Å². The molecule has 3 rings (SSSR count). The molecular weight excluding hydrogens is 398 g/mol. The second-order valence-corrected chi connectivity index (χ2v) is 7.94. The number of hydrogen-bond acceptors (Lipinski definition) is 7. The molecule has 8 heteroatoms. The zero-order valence-corrected chi connectivity index (χ0v) is 18.0. The van der Waals surface area contributed by atoms with Crippen molar-refractivity contribution >= 4 is 11.9 Å². The van der Waals surface area contributed by atoms with Gasteiger partial charge in [-0.2, -0.15) is 0 Å². The first-order valence-corrected chi connectivity index (χ1v) is 9.55. The molecule has 0 amide bonds. The highest BCUT2D eigenvalue weighted by atomic mass is 16.5. The van der Waals surface area contributed by atoms with Crippen molar-refractivity contribution in [3.05, 3.63) is 53.0 Å². The number of carbonyl (C=O) groups is 2. The molecule has 0 radical (unpaired) electrons. The second-order valence-electron chi connectivity index (χ2n) is 7.94. The first-order valence-electron chi connectivity index (χ1n) is 9.55. The summed E-state index contributed by atoms with van der Waals surface area (Å²) in [5.41, 5.74) is 1.99. The Hall–Kier alpha value is -3.86. The zero-order chi connectivity index (χ0) is 22.8. The van der Waals surface area contributed by atoms with Gasteiger partial charge in [0.2, 0.25) is 5.88 Å². The normalized spacial score (nSPS) is 11.0. The van der Waals surface area contributed by atoms with Crippen molar-refractivity contribution in [3.8, 4) is 29.2 Å². The summed E-state index contributed by atoms with van der Waals surface area (Å²) in [6.07, 6.45) is 1.37. The third kappa shape index (κ3) is 4.67. The minimum atomic E-state index is -0.640. The largest absolute Gasteiger partial charge is 0.493 e. The van der Waals surface area contributed by atoms with Crippen molar-refractivity contribution in [2.45, 2.75) is 34.3 Å². The first-order chi connectivity index (χ1) is 14.6. The van der Waals surface area contributed by atoms with Crippen molar-refractivity contribution in [2.75, 3.05) is 7.11 Å². The summed E-state index contributed by atoms with van der Waals surface area (Å²) in [7, 11) is 1.32. The topological polar surface area (TPSA) is 104 Å². The summed E-state index contributed by atoms with van der Waals surface area (Å²) < 4.78 is 11.3. The molecule has 0 atom stereocenters. The molecule has 1 aromatic rings. The van der Waals surface area contributed by atoms with Crippen LogP contribution in [0.25, 0.3) is 11.4 Å². The van der Waals surface area contributed by atoms with E-state index >= 15 is 0 Å². The number of aromatic hydroxyl groups is 1. The maximum atomic E-state index is 12.1. The van der Waals surface area contributed by atoms with Crippen molar-refractivity contribution in [1.29, 1.82) is 0 Å². The number of benzene rings is 1. The van der Waals surface area contributed by atoms with E-state index in [9.17, 15) is 14.7 Å². The zero-order valence-electron chi connectivity index (χ0n) is 18.0. The Morgan fingerprint density at radius 2 is 1.87 bits per heavy atom. The lowest BCUT2D eigenvalue weighted by atomic mass is 9.97. The molecule has 160 valence electrons. The maximum Gasteiger partial charge on any atom is 0.337 e. The number of esters is 2. The Labute approximate surface area is 180 Å². The van der Waals surface area contributed by atoms with E-state index in [-0.39, 0.29) is 18.5 Å². The molecule has 2 aliphatic rings. The Balaban J connectivity index is 1.91. The summed E-state index contributed by atoms with van der Waals surface area (Å²) in [6.45, 7) is 7.04. The lowest BCUT2D eigenvalue weighted by Crippen LogP contribution is -2.22. The maximum absolute atomic E-state index is 12.1. The predicted molar refractivity (Wildman–Crippen MR) is 112 cm³/mol. The fourth-order valence-corrected chi connectivity index (χ4v) is 2.76. The van der Waals surface area contributed by atoms with Crippen LogP contribution in [0.2, 0.25) is 0 Å². The van der Waals surface area contributed by atoms with Gasteiger partial charge < -0.3 is 14.6 Å². The van der Waals surface area contributed by atoms with Gasteiger partial charge in [-0.15, -0.1) is 0 Å². The Morgan fingerprint density at radius 3 is 2.48 bits per heavy atom. The van der Waals surface area contributed by atoms with Gasteiger partial charge in [0, 0.05) is 22.9 Å². The number of methoxy groups -OCH3 is 1. The van der Waals surface area contributed by atoms with Crippen LogP contribution in [0, 0.1) is 24.3 Å². The standard InChI is InChI=1S/C23H23N3O5/c1-14-17(12-31-22(29)23(2,3)4)18-19(25-14)24-13-26(20(18)27)11-10-15-6-8-16(9-7-15)21(28)30-5/h6-9,13,27H,12H2,1-5H3. The van der Waals surface area contributed by atoms with Gasteiger partial charge in [0.15, 0.2) is 5.82 Å². The molecule has 1 aromatic carbocycles. The molecule has 0 saturated heterocycles. The average molecular weight is 421 g/mol. The lowest BCUT2D eigenvalue weighted by Gasteiger charge is -2.17. The fourth-order valence-electron chi connectivity index (χ4n) is 2.76. The van der Waals surface area contributed by atoms with E-state index in [0.717, 1.165) is 0 Å². The summed E-state index contributed by atoms with van der Waals surface area (Å²) >= 11 is 0. The SMILES string of the molecule is COC(=O)c1ccc(C#Cn2cnc3nc(C)c(COC(=O)C(C)(C)C)c-3c2O)cc1. The van der Waals surface area contributed by atoms with Crippen LogP contribution < -0.4 is 0 Å². The van der Waals surface area contributed by atoms with Crippen LogP contribution >= 0.6 is 0 Å². The Bertz CT molecular complexity index is 1160. The lowest BCUT2D eigenvalue weighted by molar-refractivity contribution is -0.154. The number of aromatic nitrogens is 3. The van der Waals surface area contributed by atoms with Gasteiger partial charge in [0.25, 0.3) is 0 Å². The molecule has 0 spiro atoms. The summed E-state index contributed by atoms with van der Waals surface area (Å²) in [5.74, 6) is 2.32. The third-order valence-corrected chi connectivity index (χ3v) is 4.57. The van der Waals surface area contributed by atoms with Crippen LogP contribution in [0.4, 0.5) is 0 Å². The predicted octanol–water partition coefficient (Wildman–Crippen LogP) is 3.13. The van der Waals surface area contributed by atoms with Crippen LogP contribution in [0.15, 0.2) is 30.6 Å². The van der Waals surface area contributed by atoms with Crippen LogP contribution in [0.1, 0.15) is 48.0 Å². The van der Waals surface area contributed by atoms with E-state index in [1.807, 2.05) is 0 Å². The van der Waals surface area contributed by atoms with Crippen LogP contribution in [0.3, 0.4) is 0 Å². The monoisotopic (exact) mass is 421 g/mol. The molecule has 0 aromatic heterocycles. The van der Waals surface area contributed by atoms with Gasteiger partial charge in [-0.05, 0) is 57.9 Å². The van der Waals surface area contributed by atoms with Crippen LogP contribution in [-0.4, -0.2) is 38.7 Å². The number of nitrogens with zero attached hydrogens (tertiary/aromatic N) is 3. The number of aryl methyl sites for hydroxylation is 1. The minimum Gasteiger partial charge on any atom is -0.493 e. The van der Waals surface area contributed by atoms with Crippen molar-refractivity contribution in [2.24, 2.45) is 5.41 Å². The van der Waals surface area contributed by atoms with E-state index in [1.54, 1.807) is 52.0 Å². The molecule has 0 aliphatic carbocycles. The molecule has 1 N–H and O–H groups in total. The van der Waals surface area contributed by atoms with Gasteiger partial charge in [0.05, 0.1) is 23.7 Å². The molecule has 0 fully saturated rings. The number of ether oxygens (including phenoxy) is 2. The van der Waals surface area contributed by atoms with Gasteiger partial charge in [-0.1, -0.05) is 0 Å². The van der Waals surface area contributed by atoms with E-state index < -0.39 is 11.4 Å². The highest BCUT2D eigenvalue weighted by Gasteiger charge is 2.27. The van der Waals surface area contributed by atoms with Crippen LogP contribution in [0.5, 0.6) is 5.88 Å². The number of hydrogen-bond donors (Lipinski definition) is 1. The molecule has 0 saturated carbocycles. The van der Waals surface area contributed by atoms with E-state index in [0.29, 0.717) is 33.8 Å². The van der Waals surface area contributed by atoms with E-state index in [1.165, 1.54) is 18.0 Å². The quantitative estimate of drug-likeness (QED) is 0.512. The summed E-state index contributed by atoms with van der Waals surface area (Å²) in [5, 5.41) is 10.8. The number of carbonyl (C=O) groups excluding carboxylic acids is 2. The Morgan fingerprint density at radius 1 is 1.19 bits per heavy atom. The minimum absolute atomic E-state index is 0.0277. The van der Waals surface area contributed by atoms with Gasteiger partial charge in [0.1, 0.15) is 12.9 Å². The molecule has 31 heavy (non-hydrogen) atoms. The molecule has 2 aliphatic heterocycles. The van der Waals surface area contributed by atoms with Crippen molar-refractivity contribution < 1.29 is 24.2 Å². The van der Waals surface area contributed by atoms with E-state index in [2.05, 4.69) is 26.7 Å². The van der Waals surface area contributed by atoms with E-state index in [4.69, 9.17) is 4.74 Å². The smallest absolute Gasteiger partial charge is 0.337 e. The average Bonchev–Trinajstić information content (AvgIpc) is 3.06. The summed E-state index contributed by atoms with van der Waals surface area (Å²) in [4.78, 5) is 32.2. The van der Waals surface area contributed by atoms with Gasteiger partial charge in [-0.3, -0.25) is 4.79 Å². The van der Waals surface area contributed by atoms with Crippen molar-refractivity contribution in [3.63, 3.8) is 0 Å². The first kappa shape index (κ1) is 21.8. The highest BCUT2D eigenvalue weighted by Crippen LogP contribution is 2.35. The number of fused-ring (bicyclic) bond motifs is 1. The van der Waals surface area contributed by atoms with Gasteiger partial charge >= 0.3 is 11.9 Å². The third-order valence-electron chi connectivity index (χ3n) is 4.57. The summed E-state index contributed by atoms with van der Waals surface area (Å²) in [6, 6.07) is 9.37. The fraction of sp³-hybridized carbons (Fsp3) is 0.304. The second kappa shape index (κ2) is 8.48. The Kier molecular flexibility index (Phi) is 5.97. The van der Waals surface area contributed by atoms with Gasteiger partial charge in [-0.25, -0.2) is 19.3 Å². The molecular formula is C23H23N3O5. The highest BCUT2D eigenvalue weighted by molar-refractivity contribution is 5.89. The number of rotatable bonds is 3. The van der Waals surface area contributed by atoms with Crippen LogP contribution in [-0.2, 0) is 20.9 Å².